The zero-order valence-corrected chi connectivity index (χ0v) is 10.9. The molecule has 0 aromatic heterocycles. The van der Waals surface area contributed by atoms with Crippen LogP contribution >= 0.6 is 0 Å². The van der Waals surface area contributed by atoms with E-state index in [1.807, 2.05) is 0 Å². The van der Waals surface area contributed by atoms with Gasteiger partial charge in [0.2, 0.25) is 0 Å². The first-order valence-corrected chi connectivity index (χ1v) is 6.12. The standard InChI is InChI=1S/C14H18F3N/c1-13(2,3)11-7-9-6-10(14(15,16)17)4-5-12(9)18-8-11/h4-6,11,18H,7-8H2,1-3H3. The average molecular weight is 257 g/mol. The fourth-order valence-electron chi connectivity index (χ4n) is 2.29. The van der Waals surface area contributed by atoms with Crippen LogP contribution in [0.3, 0.4) is 0 Å². The smallest absolute Gasteiger partial charge is 0.385 e. The van der Waals surface area contributed by atoms with Crippen LogP contribution in [0.1, 0.15) is 31.9 Å². The highest BCUT2D eigenvalue weighted by Crippen LogP contribution is 2.38. The van der Waals surface area contributed by atoms with Crippen molar-refractivity contribution in [3.63, 3.8) is 0 Å². The minimum atomic E-state index is -4.26. The van der Waals surface area contributed by atoms with Gasteiger partial charge in [-0.25, -0.2) is 0 Å². The molecule has 0 radical (unpaired) electrons. The molecule has 4 heteroatoms. The molecule has 0 spiro atoms. The summed E-state index contributed by atoms with van der Waals surface area (Å²) < 4.78 is 38.0. The van der Waals surface area contributed by atoms with Crippen LogP contribution in [-0.4, -0.2) is 6.54 Å². The van der Waals surface area contributed by atoms with Crippen LogP contribution in [-0.2, 0) is 12.6 Å². The van der Waals surface area contributed by atoms with E-state index in [4.69, 9.17) is 0 Å². The zero-order chi connectivity index (χ0) is 13.6. The van der Waals surface area contributed by atoms with Crippen molar-refractivity contribution in [3.05, 3.63) is 29.3 Å². The Kier molecular flexibility index (Phi) is 3.07. The number of halogens is 3. The van der Waals surface area contributed by atoms with Gasteiger partial charge in [-0.1, -0.05) is 20.8 Å². The normalized spacial score (nSPS) is 20.2. The third kappa shape index (κ3) is 2.62. The van der Waals surface area contributed by atoms with Gasteiger partial charge in [0, 0.05) is 12.2 Å². The van der Waals surface area contributed by atoms with Gasteiger partial charge < -0.3 is 5.32 Å². The molecule has 0 saturated heterocycles. The van der Waals surface area contributed by atoms with Crippen molar-refractivity contribution in [2.24, 2.45) is 11.3 Å². The summed E-state index contributed by atoms with van der Waals surface area (Å²) in [7, 11) is 0. The van der Waals surface area contributed by atoms with Crippen molar-refractivity contribution in [1.82, 2.24) is 0 Å². The van der Waals surface area contributed by atoms with Crippen LogP contribution in [0.5, 0.6) is 0 Å². The molecule has 1 nitrogen and oxygen atoms in total. The average Bonchev–Trinajstić information content (AvgIpc) is 2.25. The highest BCUT2D eigenvalue weighted by Gasteiger charge is 2.33. The first-order chi connectivity index (χ1) is 8.18. The van der Waals surface area contributed by atoms with Gasteiger partial charge in [-0.15, -0.1) is 0 Å². The molecule has 1 aliphatic heterocycles. The maximum Gasteiger partial charge on any atom is 0.416 e. The third-order valence-corrected chi connectivity index (χ3v) is 3.66. The van der Waals surface area contributed by atoms with Gasteiger partial charge >= 0.3 is 6.18 Å². The summed E-state index contributed by atoms with van der Waals surface area (Å²) in [5.74, 6) is 0.355. The minimum Gasteiger partial charge on any atom is -0.385 e. The van der Waals surface area contributed by atoms with Crippen LogP contribution in [0.4, 0.5) is 18.9 Å². The van der Waals surface area contributed by atoms with Crippen LogP contribution < -0.4 is 5.32 Å². The lowest BCUT2D eigenvalue weighted by molar-refractivity contribution is -0.137. The highest BCUT2D eigenvalue weighted by atomic mass is 19.4. The molecule has 0 bridgehead atoms. The van der Waals surface area contributed by atoms with Crippen molar-refractivity contribution in [2.45, 2.75) is 33.4 Å². The number of anilines is 1. The summed E-state index contributed by atoms with van der Waals surface area (Å²) in [6.45, 7) is 7.19. The Hall–Kier alpha value is -1.19. The van der Waals surface area contributed by atoms with Gasteiger partial charge in [0.1, 0.15) is 0 Å². The Morgan fingerprint density at radius 3 is 2.39 bits per heavy atom. The van der Waals surface area contributed by atoms with Crippen molar-refractivity contribution >= 4 is 5.69 Å². The lowest BCUT2D eigenvalue weighted by Crippen LogP contribution is -2.33. The first-order valence-electron chi connectivity index (χ1n) is 6.12. The summed E-state index contributed by atoms with van der Waals surface area (Å²) in [5, 5.41) is 3.23. The van der Waals surface area contributed by atoms with E-state index >= 15 is 0 Å². The van der Waals surface area contributed by atoms with Crippen molar-refractivity contribution in [2.75, 3.05) is 11.9 Å². The van der Waals surface area contributed by atoms with E-state index < -0.39 is 11.7 Å². The number of hydrogen-bond acceptors (Lipinski definition) is 1. The molecule has 1 aromatic rings. The Morgan fingerprint density at radius 1 is 1.17 bits per heavy atom. The van der Waals surface area contributed by atoms with Gasteiger partial charge in [-0.3, -0.25) is 0 Å². The van der Waals surface area contributed by atoms with E-state index in [-0.39, 0.29) is 5.41 Å². The molecule has 1 heterocycles. The van der Waals surface area contributed by atoms with Crippen molar-refractivity contribution < 1.29 is 13.2 Å². The summed E-state index contributed by atoms with van der Waals surface area (Å²) >= 11 is 0. The van der Waals surface area contributed by atoms with Crippen LogP contribution in [0, 0.1) is 11.3 Å². The quantitative estimate of drug-likeness (QED) is 0.729. The molecular weight excluding hydrogens is 239 g/mol. The molecule has 2 rings (SSSR count). The second-order valence-corrected chi connectivity index (χ2v) is 6.02. The molecule has 1 N–H and O–H groups in total. The molecule has 18 heavy (non-hydrogen) atoms. The Labute approximate surface area is 105 Å². The lowest BCUT2D eigenvalue weighted by Gasteiger charge is -2.35. The summed E-state index contributed by atoms with van der Waals surface area (Å²) in [6, 6.07) is 3.96. The second kappa shape index (κ2) is 4.18. The Bertz CT molecular complexity index is 443. The summed E-state index contributed by atoms with van der Waals surface area (Å²) in [5.41, 5.74) is 1.15. The molecular formula is C14H18F3N. The predicted octanol–water partition coefficient (Wildman–Crippen LogP) is 4.34. The van der Waals surface area contributed by atoms with Crippen LogP contribution in [0.2, 0.25) is 0 Å². The lowest BCUT2D eigenvalue weighted by atomic mass is 9.75. The fourth-order valence-corrected chi connectivity index (χ4v) is 2.29. The Balaban J connectivity index is 2.31. The van der Waals surface area contributed by atoms with Crippen LogP contribution in [0.15, 0.2) is 18.2 Å². The zero-order valence-electron chi connectivity index (χ0n) is 10.9. The highest BCUT2D eigenvalue weighted by molar-refractivity contribution is 5.55. The monoisotopic (exact) mass is 257 g/mol. The largest absolute Gasteiger partial charge is 0.416 e. The molecule has 0 fully saturated rings. The van der Waals surface area contributed by atoms with Crippen molar-refractivity contribution in [1.29, 1.82) is 0 Å². The summed E-state index contributed by atoms with van der Waals surface area (Å²) in [4.78, 5) is 0. The molecule has 1 aromatic carbocycles. The van der Waals surface area contributed by atoms with E-state index in [1.165, 1.54) is 12.1 Å². The number of fused-ring (bicyclic) bond motifs is 1. The van der Waals surface area contributed by atoms with E-state index in [0.717, 1.165) is 23.9 Å². The predicted molar refractivity (Wildman–Crippen MR) is 66.6 cm³/mol. The van der Waals surface area contributed by atoms with Gasteiger partial charge in [0.05, 0.1) is 5.56 Å². The van der Waals surface area contributed by atoms with E-state index in [1.54, 1.807) is 0 Å². The molecule has 0 aliphatic carbocycles. The van der Waals surface area contributed by atoms with Gasteiger partial charge in [0.15, 0.2) is 0 Å². The molecule has 0 amide bonds. The van der Waals surface area contributed by atoms with E-state index in [9.17, 15) is 13.2 Å². The number of benzene rings is 1. The number of hydrogen-bond donors (Lipinski definition) is 1. The first kappa shape index (κ1) is 13.2. The number of nitrogens with one attached hydrogen (secondary N) is 1. The SMILES string of the molecule is CC(C)(C)C1CNc2ccc(C(F)(F)F)cc2C1. The molecule has 0 saturated carbocycles. The summed E-state index contributed by atoms with van der Waals surface area (Å²) in [6.07, 6.45) is -3.56. The Morgan fingerprint density at radius 2 is 1.83 bits per heavy atom. The molecule has 1 aliphatic rings. The number of alkyl halides is 3. The van der Waals surface area contributed by atoms with E-state index in [0.29, 0.717) is 12.3 Å². The maximum atomic E-state index is 12.7. The van der Waals surface area contributed by atoms with Gasteiger partial charge in [0.25, 0.3) is 0 Å². The molecule has 100 valence electrons. The van der Waals surface area contributed by atoms with Gasteiger partial charge in [-0.05, 0) is 41.5 Å². The van der Waals surface area contributed by atoms with Crippen LogP contribution in [0.25, 0.3) is 0 Å². The number of rotatable bonds is 0. The second-order valence-electron chi connectivity index (χ2n) is 6.02. The maximum absolute atomic E-state index is 12.7. The molecule has 1 unspecified atom stereocenters. The molecule has 1 atom stereocenters. The third-order valence-electron chi connectivity index (χ3n) is 3.66. The topological polar surface area (TPSA) is 12.0 Å². The van der Waals surface area contributed by atoms with Gasteiger partial charge in [-0.2, -0.15) is 13.2 Å². The van der Waals surface area contributed by atoms with E-state index in [2.05, 4.69) is 26.1 Å². The minimum absolute atomic E-state index is 0.0962. The fraction of sp³-hybridized carbons (Fsp3) is 0.571. The van der Waals surface area contributed by atoms with Crippen molar-refractivity contribution in [3.8, 4) is 0 Å².